The summed E-state index contributed by atoms with van der Waals surface area (Å²) in [6.45, 7) is 0.265. The Labute approximate surface area is 146 Å². The Morgan fingerprint density at radius 1 is 1.16 bits per heavy atom. The van der Waals surface area contributed by atoms with Crippen LogP contribution in [0.2, 0.25) is 0 Å². The second-order valence-electron chi connectivity index (χ2n) is 5.50. The van der Waals surface area contributed by atoms with Crippen molar-refractivity contribution in [2.45, 2.75) is 12.6 Å². The summed E-state index contributed by atoms with van der Waals surface area (Å²) in [6.07, 6.45) is 2.83. The molecule has 1 aliphatic rings. The van der Waals surface area contributed by atoms with Gasteiger partial charge in [0.05, 0.1) is 24.6 Å². The van der Waals surface area contributed by atoms with Gasteiger partial charge in [-0.2, -0.15) is 0 Å². The Hall–Kier alpha value is -3.06. The van der Waals surface area contributed by atoms with Crippen molar-refractivity contribution in [1.29, 1.82) is 0 Å². The van der Waals surface area contributed by atoms with Crippen LogP contribution in [0, 0.1) is 0 Å². The molecule has 1 aliphatic heterocycles. The lowest BCUT2D eigenvalue weighted by Crippen LogP contribution is -2.30. The Kier molecular flexibility index (Phi) is 3.77. The highest BCUT2D eigenvalue weighted by atomic mass is 32.1. The van der Waals surface area contributed by atoms with Crippen LogP contribution in [0.25, 0.3) is 0 Å². The van der Waals surface area contributed by atoms with Crippen molar-refractivity contribution in [3.63, 3.8) is 0 Å². The molecule has 0 aliphatic carbocycles. The van der Waals surface area contributed by atoms with Gasteiger partial charge in [0.2, 0.25) is 5.78 Å². The third-order valence-electron chi connectivity index (χ3n) is 4.01. The van der Waals surface area contributed by atoms with Crippen molar-refractivity contribution in [3.05, 3.63) is 82.0 Å². The van der Waals surface area contributed by atoms with Gasteiger partial charge in [-0.25, -0.2) is 0 Å². The molecule has 4 heterocycles. The summed E-state index contributed by atoms with van der Waals surface area (Å²) < 4.78 is 10.6. The average Bonchev–Trinajstić information content (AvgIpc) is 3.39. The summed E-state index contributed by atoms with van der Waals surface area (Å²) >= 11 is 1.49. The van der Waals surface area contributed by atoms with Gasteiger partial charge in [-0.15, -0.1) is 11.3 Å². The number of hydrogen-bond donors (Lipinski definition) is 1. The third kappa shape index (κ3) is 2.58. The summed E-state index contributed by atoms with van der Waals surface area (Å²) in [5.74, 6) is -1.25. The fourth-order valence-corrected chi connectivity index (χ4v) is 3.60. The quantitative estimate of drug-likeness (QED) is 0.705. The molecule has 0 saturated heterocycles. The fourth-order valence-electron chi connectivity index (χ4n) is 2.90. The van der Waals surface area contributed by atoms with Gasteiger partial charge in [0.25, 0.3) is 5.91 Å². The first-order valence-electron chi connectivity index (χ1n) is 7.55. The van der Waals surface area contributed by atoms with E-state index in [2.05, 4.69) is 0 Å². The molecule has 4 rings (SSSR count). The topological polar surface area (TPSA) is 83.9 Å². The maximum atomic E-state index is 12.8. The molecule has 3 aromatic heterocycles. The van der Waals surface area contributed by atoms with E-state index >= 15 is 0 Å². The van der Waals surface area contributed by atoms with Crippen molar-refractivity contribution in [2.75, 3.05) is 0 Å². The number of aliphatic hydroxyl groups excluding tert-OH is 1. The van der Waals surface area contributed by atoms with E-state index in [9.17, 15) is 14.7 Å². The van der Waals surface area contributed by atoms with Gasteiger partial charge in [-0.3, -0.25) is 9.59 Å². The fraction of sp³-hybridized carbons (Fsp3) is 0.111. The van der Waals surface area contributed by atoms with Gasteiger partial charge in [-0.05, 0) is 35.7 Å². The highest BCUT2D eigenvalue weighted by Crippen LogP contribution is 2.40. The summed E-state index contributed by atoms with van der Waals surface area (Å²) in [6, 6.07) is 9.38. The summed E-state index contributed by atoms with van der Waals surface area (Å²) in [5, 5.41) is 12.3. The van der Waals surface area contributed by atoms with Crippen molar-refractivity contribution in [2.24, 2.45) is 0 Å². The van der Waals surface area contributed by atoms with Gasteiger partial charge in [0.15, 0.2) is 11.5 Å². The number of aliphatic hydroxyl groups is 1. The molecule has 1 unspecified atom stereocenters. The monoisotopic (exact) mass is 355 g/mol. The smallest absolute Gasteiger partial charge is 0.290 e. The molecule has 25 heavy (non-hydrogen) atoms. The number of amides is 1. The van der Waals surface area contributed by atoms with Crippen molar-refractivity contribution < 1.29 is 23.5 Å². The zero-order chi connectivity index (χ0) is 17.4. The zero-order valence-electron chi connectivity index (χ0n) is 12.9. The summed E-state index contributed by atoms with van der Waals surface area (Å²) in [5.41, 5.74) is -0.0357. The van der Waals surface area contributed by atoms with Crippen LogP contribution in [0.15, 0.2) is 74.5 Å². The molecule has 0 aromatic carbocycles. The number of carbonyl (C=O) groups is 2. The first-order valence-corrected chi connectivity index (χ1v) is 8.43. The number of nitrogens with zero attached hydrogens (tertiary/aromatic N) is 1. The van der Waals surface area contributed by atoms with Gasteiger partial charge < -0.3 is 18.8 Å². The Morgan fingerprint density at radius 2 is 1.96 bits per heavy atom. The Morgan fingerprint density at radius 3 is 2.60 bits per heavy atom. The SMILES string of the molecule is O=C(C1=C(O)C(=O)N(Cc2cccs2)C1c1ccco1)c1ccco1. The van der Waals surface area contributed by atoms with E-state index in [0.717, 1.165) is 4.88 Å². The van der Waals surface area contributed by atoms with Gasteiger partial charge in [0, 0.05) is 4.88 Å². The molecule has 1 N–H and O–H groups in total. The van der Waals surface area contributed by atoms with Gasteiger partial charge in [0.1, 0.15) is 11.8 Å². The largest absolute Gasteiger partial charge is 0.503 e. The van der Waals surface area contributed by atoms with Crippen LogP contribution in [0.1, 0.15) is 27.2 Å². The highest BCUT2D eigenvalue weighted by molar-refractivity contribution is 7.09. The number of hydrogen-bond acceptors (Lipinski definition) is 6. The number of rotatable bonds is 5. The lowest BCUT2D eigenvalue weighted by atomic mass is 10.00. The molecular weight excluding hydrogens is 342 g/mol. The van der Waals surface area contributed by atoms with E-state index in [0.29, 0.717) is 5.76 Å². The first kappa shape index (κ1) is 15.5. The minimum Gasteiger partial charge on any atom is -0.503 e. The summed E-state index contributed by atoms with van der Waals surface area (Å²) in [7, 11) is 0. The minimum atomic E-state index is -0.804. The van der Waals surface area contributed by atoms with Crippen LogP contribution in [-0.4, -0.2) is 21.7 Å². The minimum absolute atomic E-state index is 0.0357. The second kappa shape index (κ2) is 6.10. The molecule has 0 bridgehead atoms. The predicted molar refractivity (Wildman–Crippen MR) is 89.0 cm³/mol. The standard InChI is InChI=1S/C18H13NO5S/c20-16(13-6-2-8-24-13)14-15(12-5-1-7-23-12)19(18(22)17(14)21)10-11-4-3-9-25-11/h1-9,15,21H,10H2. The Balaban J connectivity index is 1.78. The van der Waals surface area contributed by atoms with Crippen LogP contribution >= 0.6 is 11.3 Å². The lowest BCUT2D eigenvalue weighted by molar-refractivity contribution is -0.130. The van der Waals surface area contributed by atoms with E-state index in [1.807, 2.05) is 17.5 Å². The van der Waals surface area contributed by atoms with E-state index in [-0.39, 0.29) is 17.9 Å². The molecule has 0 fully saturated rings. The molecular formula is C18H13NO5S. The lowest BCUT2D eigenvalue weighted by Gasteiger charge is -2.24. The van der Waals surface area contributed by atoms with Crippen LogP contribution in [0.3, 0.4) is 0 Å². The van der Waals surface area contributed by atoms with E-state index in [4.69, 9.17) is 8.83 Å². The number of Topliss-reactive ketones (excluding diaryl/α,β-unsaturated/α-hetero) is 1. The number of thiophene rings is 1. The van der Waals surface area contributed by atoms with E-state index in [1.165, 1.54) is 34.8 Å². The maximum absolute atomic E-state index is 12.8. The molecule has 1 amide bonds. The normalized spacial score (nSPS) is 17.5. The van der Waals surface area contributed by atoms with Crippen LogP contribution in [0.4, 0.5) is 0 Å². The molecule has 0 radical (unpaired) electrons. The predicted octanol–water partition coefficient (Wildman–Crippen LogP) is 3.71. The molecule has 0 saturated carbocycles. The number of ketones is 1. The highest BCUT2D eigenvalue weighted by Gasteiger charge is 2.45. The first-order chi connectivity index (χ1) is 12.2. The number of carbonyl (C=O) groups excluding carboxylic acids is 2. The Bertz CT molecular complexity index is 922. The van der Waals surface area contributed by atoms with Crippen molar-refractivity contribution >= 4 is 23.0 Å². The van der Waals surface area contributed by atoms with Gasteiger partial charge in [-0.1, -0.05) is 6.07 Å². The summed E-state index contributed by atoms with van der Waals surface area (Å²) in [4.78, 5) is 27.8. The molecule has 6 nitrogen and oxygen atoms in total. The maximum Gasteiger partial charge on any atom is 0.290 e. The van der Waals surface area contributed by atoms with Crippen molar-refractivity contribution in [1.82, 2.24) is 4.90 Å². The molecule has 0 spiro atoms. The third-order valence-corrected chi connectivity index (χ3v) is 4.87. The molecule has 126 valence electrons. The van der Waals surface area contributed by atoms with Crippen LogP contribution in [0.5, 0.6) is 0 Å². The van der Waals surface area contributed by atoms with Crippen LogP contribution < -0.4 is 0 Å². The van der Waals surface area contributed by atoms with E-state index < -0.39 is 23.5 Å². The second-order valence-corrected chi connectivity index (χ2v) is 6.53. The van der Waals surface area contributed by atoms with Gasteiger partial charge >= 0.3 is 0 Å². The number of furan rings is 2. The molecule has 7 heteroatoms. The van der Waals surface area contributed by atoms with E-state index in [1.54, 1.807) is 18.2 Å². The van der Waals surface area contributed by atoms with Crippen LogP contribution in [-0.2, 0) is 11.3 Å². The molecule has 3 aromatic rings. The average molecular weight is 355 g/mol. The zero-order valence-corrected chi connectivity index (χ0v) is 13.7. The molecule has 1 atom stereocenters. The van der Waals surface area contributed by atoms with Crippen molar-refractivity contribution in [3.8, 4) is 0 Å².